The molecule has 2 bridgehead atoms. The molecule has 6 atom stereocenters. The fourth-order valence-corrected chi connectivity index (χ4v) is 8.65. The highest BCUT2D eigenvalue weighted by Crippen LogP contribution is 2.67. The number of anilines is 1. The lowest BCUT2D eigenvalue weighted by Crippen LogP contribution is -2.55. The number of aliphatic hydroxyl groups excluding tert-OH is 1. The van der Waals surface area contributed by atoms with Crippen molar-refractivity contribution in [2.45, 2.75) is 61.7 Å². The zero-order valence-corrected chi connectivity index (χ0v) is 22.7. The van der Waals surface area contributed by atoms with Crippen LogP contribution in [0.25, 0.3) is 0 Å². The van der Waals surface area contributed by atoms with Gasteiger partial charge in [0, 0.05) is 17.0 Å². The van der Waals surface area contributed by atoms with Crippen molar-refractivity contribution in [1.82, 2.24) is 10.2 Å². The minimum atomic E-state index is -0.780. The van der Waals surface area contributed by atoms with Crippen molar-refractivity contribution in [2.24, 2.45) is 11.8 Å². The first-order chi connectivity index (χ1) is 18.3. The minimum Gasteiger partial charge on any atom is -0.494 e. The zero-order valence-electron chi connectivity index (χ0n) is 21.9. The van der Waals surface area contributed by atoms with Crippen LogP contribution in [0.3, 0.4) is 0 Å². The standard InChI is InChI=1S/C29H35N3O5S/c1-4-37-20-12-10-19(11-13-20)31-26(34)23-22-14-15-29(38-22)24(23)28(36)32(25(29)27(35)30-17(2)3)21(16-33)18-8-6-5-7-9-18/h5-13,17,21-25,33H,4,14-16H2,1-3H3,(H,30,35)(H,31,34)/t21-,22-,23+,24+,25?,29?/m1/s1. The lowest BCUT2D eigenvalue weighted by Gasteiger charge is -2.37. The number of carbonyl (C=O) groups is 3. The molecule has 0 aromatic heterocycles. The fourth-order valence-electron chi connectivity index (χ4n) is 6.45. The van der Waals surface area contributed by atoms with E-state index in [1.807, 2.05) is 51.1 Å². The highest BCUT2D eigenvalue weighted by atomic mass is 32.2. The quantitative estimate of drug-likeness (QED) is 0.453. The van der Waals surface area contributed by atoms with Crippen molar-refractivity contribution in [3.63, 3.8) is 0 Å². The highest BCUT2D eigenvalue weighted by molar-refractivity contribution is 8.02. The Morgan fingerprint density at radius 1 is 1.13 bits per heavy atom. The predicted octanol–water partition coefficient (Wildman–Crippen LogP) is 3.37. The molecular formula is C29H35N3O5S. The second kappa shape index (κ2) is 10.6. The van der Waals surface area contributed by atoms with Crippen LogP contribution < -0.4 is 15.4 Å². The highest BCUT2D eigenvalue weighted by Gasteiger charge is 2.74. The third-order valence-corrected chi connectivity index (χ3v) is 9.80. The maximum atomic E-state index is 14.3. The molecule has 2 unspecified atom stereocenters. The number of amides is 3. The van der Waals surface area contributed by atoms with Crippen molar-refractivity contribution in [3.05, 3.63) is 60.2 Å². The van der Waals surface area contributed by atoms with E-state index < -0.39 is 28.7 Å². The van der Waals surface area contributed by atoms with Crippen LogP contribution in [-0.4, -0.2) is 63.0 Å². The molecule has 0 saturated carbocycles. The third-order valence-electron chi connectivity index (χ3n) is 7.85. The van der Waals surface area contributed by atoms with E-state index in [0.717, 1.165) is 17.7 Å². The van der Waals surface area contributed by atoms with Gasteiger partial charge in [-0.15, -0.1) is 11.8 Å². The number of rotatable bonds is 9. The number of fused-ring (bicyclic) bond motifs is 1. The first-order valence-corrected chi connectivity index (χ1v) is 14.2. The lowest BCUT2D eigenvalue weighted by atomic mass is 9.70. The van der Waals surface area contributed by atoms with Crippen molar-refractivity contribution in [3.8, 4) is 5.75 Å². The number of benzene rings is 2. The SMILES string of the molecule is CCOc1ccc(NC(=O)[C@@H]2[C@H]3C(=O)N([C@H](CO)c4ccccc4)C(C(=O)NC(C)C)C34CC[C@H]2S4)cc1. The topological polar surface area (TPSA) is 108 Å². The number of nitrogens with zero attached hydrogens (tertiary/aromatic N) is 1. The predicted molar refractivity (Wildman–Crippen MR) is 147 cm³/mol. The summed E-state index contributed by atoms with van der Waals surface area (Å²) >= 11 is 1.61. The van der Waals surface area contributed by atoms with E-state index in [-0.39, 0.29) is 35.6 Å². The molecule has 202 valence electrons. The summed E-state index contributed by atoms with van der Waals surface area (Å²) in [5, 5.41) is 16.4. The maximum Gasteiger partial charge on any atom is 0.244 e. The minimum absolute atomic E-state index is 0.0487. The average molecular weight is 538 g/mol. The molecule has 2 aromatic carbocycles. The molecule has 3 saturated heterocycles. The van der Waals surface area contributed by atoms with E-state index in [0.29, 0.717) is 18.7 Å². The summed E-state index contributed by atoms with van der Waals surface area (Å²) in [6, 6.07) is 14.9. The van der Waals surface area contributed by atoms with Crippen LogP contribution in [0.5, 0.6) is 5.75 Å². The second-order valence-electron chi connectivity index (χ2n) is 10.5. The van der Waals surface area contributed by atoms with E-state index in [1.165, 1.54) is 0 Å². The monoisotopic (exact) mass is 537 g/mol. The number of hydrogen-bond acceptors (Lipinski definition) is 6. The molecule has 0 aliphatic carbocycles. The Kier molecular flexibility index (Phi) is 7.42. The maximum absolute atomic E-state index is 14.3. The molecule has 0 radical (unpaired) electrons. The smallest absolute Gasteiger partial charge is 0.244 e. The van der Waals surface area contributed by atoms with Crippen LogP contribution in [0.2, 0.25) is 0 Å². The third kappa shape index (κ3) is 4.45. The first-order valence-electron chi connectivity index (χ1n) is 13.3. The average Bonchev–Trinajstić information content (AvgIpc) is 3.54. The van der Waals surface area contributed by atoms with Crippen molar-refractivity contribution in [1.29, 1.82) is 0 Å². The van der Waals surface area contributed by atoms with Crippen molar-refractivity contribution in [2.75, 3.05) is 18.5 Å². The van der Waals surface area contributed by atoms with Crippen LogP contribution in [0.4, 0.5) is 5.69 Å². The van der Waals surface area contributed by atoms with Gasteiger partial charge < -0.3 is 25.4 Å². The summed E-state index contributed by atoms with van der Waals surface area (Å²) in [6.07, 6.45) is 1.43. The summed E-state index contributed by atoms with van der Waals surface area (Å²) in [7, 11) is 0. The molecule has 3 N–H and O–H groups in total. The number of likely N-dealkylation sites (tertiary alicyclic amines) is 1. The van der Waals surface area contributed by atoms with E-state index in [1.54, 1.807) is 40.9 Å². The number of carbonyl (C=O) groups excluding carboxylic acids is 3. The molecule has 5 rings (SSSR count). The lowest BCUT2D eigenvalue weighted by molar-refractivity contribution is -0.142. The summed E-state index contributed by atoms with van der Waals surface area (Å²) < 4.78 is 4.78. The van der Waals surface area contributed by atoms with Crippen LogP contribution in [-0.2, 0) is 14.4 Å². The van der Waals surface area contributed by atoms with Crippen LogP contribution in [0.15, 0.2) is 54.6 Å². The summed E-state index contributed by atoms with van der Waals surface area (Å²) in [6.45, 7) is 5.93. The number of ether oxygens (including phenoxy) is 1. The largest absolute Gasteiger partial charge is 0.494 e. The van der Waals surface area contributed by atoms with Crippen LogP contribution >= 0.6 is 11.8 Å². The molecule has 3 aliphatic rings. The summed E-state index contributed by atoms with van der Waals surface area (Å²) in [4.78, 5) is 43.3. The van der Waals surface area contributed by atoms with Gasteiger partial charge >= 0.3 is 0 Å². The normalized spacial score (nSPS) is 28.3. The Balaban J connectivity index is 1.49. The van der Waals surface area contributed by atoms with Gasteiger partial charge in [-0.3, -0.25) is 14.4 Å². The van der Waals surface area contributed by atoms with Crippen LogP contribution in [0, 0.1) is 11.8 Å². The molecule has 8 nitrogen and oxygen atoms in total. The first kappa shape index (κ1) is 26.6. The molecule has 3 aliphatic heterocycles. The Morgan fingerprint density at radius 2 is 1.84 bits per heavy atom. The van der Waals surface area contributed by atoms with Gasteiger partial charge in [-0.2, -0.15) is 0 Å². The van der Waals surface area contributed by atoms with Gasteiger partial charge in [0.1, 0.15) is 11.8 Å². The number of aliphatic hydroxyl groups is 1. The molecule has 2 aromatic rings. The summed E-state index contributed by atoms with van der Waals surface area (Å²) in [5.74, 6) is -1.17. The van der Waals surface area contributed by atoms with Gasteiger partial charge in [0.2, 0.25) is 17.7 Å². The molecule has 3 fully saturated rings. The van der Waals surface area contributed by atoms with Gasteiger partial charge in [-0.05, 0) is 63.4 Å². The summed E-state index contributed by atoms with van der Waals surface area (Å²) in [5.41, 5.74) is 1.39. The van der Waals surface area contributed by atoms with Crippen LogP contribution in [0.1, 0.15) is 45.2 Å². The van der Waals surface area contributed by atoms with E-state index >= 15 is 0 Å². The Morgan fingerprint density at radius 3 is 2.47 bits per heavy atom. The fraction of sp³-hybridized carbons (Fsp3) is 0.483. The second-order valence-corrected chi connectivity index (χ2v) is 12.1. The number of thioether (sulfide) groups is 1. The number of hydrogen-bond donors (Lipinski definition) is 3. The van der Waals surface area contributed by atoms with Crippen molar-refractivity contribution < 1.29 is 24.2 Å². The van der Waals surface area contributed by atoms with Gasteiger partial charge in [0.15, 0.2) is 0 Å². The zero-order chi connectivity index (χ0) is 27.0. The van der Waals surface area contributed by atoms with Gasteiger partial charge in [-0.25, -0.2) is 0 Å². The Labute approximate surface area is 227 Å². The molecular weight excluding hydrogens is 502 g/mol. The van der Waals surface area contributed by atoms with Gasteiger partial charge in [-0.1, -0.05) is 30.3 Å². The Bertz CT molecular complexity index is 1190. The van der Waals surface area contributed by atoms with E-state index in [9.17, 15) is 19.5 Å². The molecule has 38 heavy (non-hydrogen) atoms. The van der Waals surface area contributed by atoms with Gasteiger partial charge in [0.05, 0.1) is 35.8 Å². The van der Waals surface area contributed by atoms with Crippen molar-refractivity contribution >= 4 is 35.2 Å². The van der Waals surface area contributed by atoms with Gasteiger partial charge in [0.25, 0.3) is 0 Å². The molecule has 3 heterocycles. The van der Waals surface area contributed by atoms with E-state index in [2.05, 4.69) is 10.6 Å². The van der Waals surface area contributed by atoms with E-state index in [4.69, 9.17) is 4.74 Å². The molecule has 9 heteroatoms. The molecule has 1 spiro atoms. The molecule has 3 amide bonds. The Hall–Kier alpha value is -3.04. The number of nitrogens with one attached hydrogen (secondary N) is 2.